The summed E-state index contributed by atoms with van der Waals surface area (Å²) in [7, 11) is -3.34. The Morgan fingerprint density at radius 1 is 0.977 bits per heavy atom. The predicted octanol–water partition coefficient (Wildman–Crippen LogP) is 6.47. The summed E-state index contributed by atoms with van der Waals surface area (Å²) < 4.78 is 66.8. The van der Waals surface area contributed by atoms with Crippen LogP contribution < -0.4 is 24.2 Å². The number of carbonyl (C=O) groups excluding carboxylic acids is 1. The summed E-state index contributed by atoms with van der Waals surface area (Å²) in [5.41, 5.74) is 1.97. The molecule has 3 aromatic rings. The summed E-state index contributed by atoms with van der Waals surface area (Å²) in [6.45, 7) is 5.09. The highest BCUT2D eigenvalue weighted by molar-refractivity contribution is 7.92. The van der Waals surface area contributed by atoms with Crippen LogP contribution in [-0.2, 0) is 16.6 Å². The Balaban J connectivity index is 1.12. The van der Waals surface area contributed by atoms with E-state index in [9.17, 15) is 22.0 Å². The number of nitrogens with one attached hydrogen (secondary N) is 2. The second-order valence-electron chi connectivity index (χ2n) is 11.0. The number of amides is 2. The lowest BCUT2D eigenvalue weighted by molar-refractivity contribution is -0.286. The SMILES string of the molecule is CCCCN(C(=O)Nc1ccc2c(c1)OC(F)(F)O2)C1CCN(Cc2ccc(Oc3ccc(NS(C)(=O)=O)cc3)cc2)CC1. The van der Waals surface area contributed by atoms with E-state index in [1.165, 1.54) is 18.2 Å². The highest BCUT2D eigenvalue weighted by Gasteiger charge is 2.43. The zero-order chi connectivity index (χ0) is 31.3. The Hall–Kier alpha value is -4.10. The Labute approximate surface area is 255 Å². The van der Waals surface area contributed by atoms with Crippen molar-refractivity contribution in [2.45, 2.75) is 51.5 Å². The van der Waals surface area contributed by atoms with Crippen LogP contribution in [0, 0.1) is 0 Å². The summed E-state index contributed by atoms with van der Waals surface area (Å²) in [4.78, 5) is 17.5. The number of nitrogens with zero attached hydrogens (tertiary/aromatic N) is 2. The molecule has 2 N–H and O–H groups in total. The van der Waals surface area contributed by atoms with E-state index < -0.39 is 16.3 Å². The van der Waals surface area contributed by atoms with Gasteiger partial charge in [-0.3, -0.25) is 9.62 Å². The number of hydrogen-bond acceptors (Lipinski definition) is 7. The number of urea groups is 1. The molecule has 10 nitrogen and oxygen atoms in total. The van der Waals surface area contributed by atoms with E-state index in [2.05, 4.69) is 31.3 Å². The van der Waals surface area contributed by atoms with Gasteiger partial charge in [-0.2, -0.15) is 0 Å². The fourth-order valence-corrected chi connectivity index (χ4v) is 5.82. The summed E-state index contributed by atoms with van der Waals surface area (Å²) >= 11 is 0. The normalized spacial score (nSPS) is 16.4. The van der Waals surface area contributed by atoms with Crippen molar-refractivity contribution < 1.29 is 36.2 Å². The zero-order valence-corrected chi connectivity index (χ0v) is 25.4. The number of benzene rings is 3. The molecule has 0 spiro atoms. The van der Waals surface area contributed by atoms with Crippen LogP contribution in [0.5, 0.6) is 23.0 Å². The van der Waals surface area contributed by atoms with Crippen molar-refractivity contribution in [2.75, 3.05) is 35.9 Å². The number of halogens is 2. The van der Waals surface area contributed by atoms with Gasteiger partial charge in [0.25, 0.3) is 0 Å². The van der Waals surface area contributed by atoms with E-state index in [0.29, 0.717) is 29.4 Å². The molecule has 0 saturated carbocycles. The highest BCUT2D eigenvalue weighted by atomic mass is 32.2. The smallest absolute Gasteiger partial charge is 0.457 e. The number of unbranched alkanes of at least 4 members (excludes halogenated alkanes) is 1. The Bertz CT molecular complexity index is 1550. The first kappa shape index (κ1) is 31.3. The highest BCUT2D eigenvalue weighted by Crippen LogP contribution is 2.42. The van der Waals surface area contributed by atoms with Gasteiger partial charge in [-0.25, -0.2) is 13.2 Å². The van der Waals surface area contributed by atoms with Crippen LogP contribution in [0.15, 0.2) is 66.7 Å². The molecule has 5 rings (SSSR count). The van der Waals surface area contributed by atoms with Crippen molar-refractivity contribution in [1.82, 2.24) is 9.80 Å². The number of piperidine rings is 1. The molecule has 0 aliphatic carbocycles. The Kier molecular flexibility index (Phi) is 9.45. The molecule has 2 amide bonds. The fraction of sp³-hybridized carbons (Fsp3) is 0.387. The van der Waals surface area contributed by atoms with Gasteiger partial charge in [-0.05, 0) is 73.4 Å². The molecule has 2 aliphatic heterocycles. The van der Waals surface area contributed by atoms with Gasteiger partial charge < -0.3 is 24.4 Å². The van der Waals surface area contributed by atoms with Crippen LogP contribution in [-0.4, -0.2) is 62.5 Å². The number of carbonyl (C=O) groups is 1. The van der Waals surface area contributed by atoms with Crippen molar-refractivity contribution in [2.24, 2.45) is 0 Å². The molecule has 2 heterocycles. The number of fused-ring (bicyclic) bond motifs is 1. The lowest BCUT2D eigenvalue weighted by atomic mass is 10.0. The van der Waals surface area contributed by atoms with Gasteiger partial charge in [0.15, 0.2) is 11.5 Å². The number of sulfonamides is 1. The van der Waals surface area contributed by atoms with E-state index >= 15 is 0 Å². The van der Waals surface area contributed by atoms with Gasteiger partial charge in [-0.1, -0.05) is 25.5 Å². The maximum atomic E-state index is 13.4. The number of ether oxygens (including phenoxy) is 3. The van der Waals surface area contributed by atoms with Gasteiger partial charge in [-0.15, -0.1) is 8.78 Å². The Morgan fingerprint density at radius 3 is 2.23 bits per heavy atom. The minimum absolute atomic E-state index is 0.0611. The molecule has 3 aromatic carbocycles. The molecule has 0 bridgehead atoms. The summed E-state index contributed by atoms with van der Waals surface area (Å²) in [5.74, 6) is 1.08. The molecule has 0 aromatic heterocycles. The monoisotopic (exact) mass is 630 g/mol. The summed E-state index contributed by atoms with van der Waals surface area (Å²) in [5, 5.41) is 2.84. The van der Waals surface area contributed by atoms with E-state index in [0.717, 1.165) is 57.1 Å². The Morgan fingerprint density at radius 2 is 1.59 bits per heavy atom. The van der Waals surface area contributed by atoms with Crippen LogP contribution in [0.4, 0.5) is 25.0 Å². The number of likely N-dealkylation sites (tertiary alicyclic amines) is 1. The second kappa shape index (κ2) is 13.3. The van der Waals surface area contributed by atoms with Crippen molar-refractivity contribution in [1.29, 1.82) is 0 Å². The largest absolute Gasteiger partial charge is 0.586 e. The average Bonchev–Trinajstić information content (AvgIpc) is 3.28. The molecule has 0 radical (unpaired) electrons. The molecule has 2 aliphatic rings. The van der Waals surface area contributed by atoms with Crippen LogP contribution in [0.3, 0.4) is 0 Å². The molecule has 0 atom stereocenters. The minimum atomic E-state index is -3.71. The summed E-state index contributed by atoms with van der Waals surface area (Å²) in [6, 6.07) is 18.5. The van der Waals surface area contributed by atoms with E-state index in [-0.39, 0.29) is 23.6 Å². The van der Waals surface area contributed by atoms with E-state index in [4.69, 9.17) is 4.74 Å². The third kappa shape index (κ3) is 8.50. The average molecular weight is 631 g/mol. The number of anilines is 2. The molecule has 1 fully saturated rings. The van der Waals surface area contributed by atoms with Crippen LogP contribution in [0.2, 0.25) is 0 Å². The maximum Gasteiger partial charge on any atom is 0.586 e. The fourth-order valence-electron chi connectivity index (χ4n) is 5.25. The van der Waals surface area contributed by atoms with Crippen molar-refractivity contribution in [3.05, 3.63) is 72.3 Å². The van der Waals surface area contributed by atoms with E-state index in [1.54, 1.807) is 24.3 Å². The first-order valence-electron chi connectivity index (χ1n) is 14.5. The number of hydrogen-bond donors (Lipinski definition) is 2. The molecule has 1 saturated heterocycles. The van der Waals surface area contributed by atoms with Gasteiger partial charge in [0.1, 0.15) is 11.5 Å². The first-order valence-corrected chi connectivity index (χ1v) is 16.4. The quantitative estimate of drug-likeness (QED) is 0.250. The molecule has 0 unspecified atom stereocenters. The molecule has 44 heavy (non-hydrogen) atoms. The maximum absolute atomic E-state index is 13.4. The third-order valence-electron chi connectivity index (χ3n) is 7.39. The third-order valence-corrected chi connectivity index (χ3v) is 7.99. The number of rotatable bonds is 11. The molecule has 13 heteroatoms. The molecular weight excluding hydrogens is 594 g/mol. The van der Waals surface area contributed by atoms with E-state index in [1.807, 2.05) is 29.2 Å². The van der Waals surface area contributed by atoms with Gasteiger partial charge in [0.05, 0.1) is 6.26 Å². The topological polar surface area (TPSA) is 109 Å². The first-order chi connectivity index (χ1) is 21.0. The van der Waals surface area contributed by atoms with Crippen LogP contribution >= 0.6 is 0 Å². The lowest BCUT2D eigenvalue weighted by Gasteiger charge is -2.38. The number of alkyl halides is 2. The molecular formula is C31H36F2N4O6S. The van der Waals surface area contributed by atoms with Crippen molar-refractivity contribution >= 4 is 27.4 Å². The zero-order valence-electron chi connectivity index (χ0n) is 24.6. The standard InChI is InChI=1S/C31H36F2N4O6S/c1-3-4-17-37(30(38)34-24-9-14-28-29(20-24)43-31(32,33)42-28)25-15-18-36(19-16-25)21-22-5-10-26(11-6-22)41-27-12-7-23(8-13-27)35-44(2,39)40/h5-14,20,25,35H,3-4,15-19,21H2,1-2H3,(H,34,38). The van der Waals surface area contributed by atoms with Crippen LogP contribution in [0.25, 0.3) is 0 Å². The minimum Gasteiger partial charge on any atom is -0.457 e. The summed E-state index contributed by atoms with van der Waals surface area (Å²) in [6.07, 6.45) is 0.815. The second-order valence-corrected chi connectivity index (χ2v) is 12.7. The van der Waals surface area contributed by atoms with Crippen molar-refractivity contribution in [3.63, 3.8) is 0 Å². The lowest BCUT2D eigenvalue weighted by Crippen LogP contribution is -2.49. The predicted molar refractivity (Wildman–Crippen MR) is 163 cm³/mol. The van der Waals surface area contributed by atoms with Gasteiger partial charge >= 0.3 is 12.3 Å². The van der Waals surface area contributed by atoms with Crippen LogP contribution in [0.1, 0.15) is 38.2 Å². The van der Waals surface area contributed by atoms with Gasteiger partial charge in [0.2, 0.25) is 10.0 Å². The molecule has 236 valence electrons. The van der Waals surface area contributed by atoms with Crippen molar-refractivity contribution in [3.8, 4) is 23.0 Å². The van der Waals surface area contributed by atoms with Gasteiger partial charge in [0, 0.05) is 49.7 Å².